The van der Waals surface area contributed by atoms with Crippen molar-refractivity contribution in [2.45, 2.75) is 22.7 Å². The highest BCUT2D eigenvalue weighted by atomic mass is 79.9. The summed E-state index contributed by atoms with van der Waals surface area (Å²) in [6, 6.07) is 4.08. The molecular weight excluding hydrogens is 359 g/mol. The molecule has 0 fully saturated rings. The van der Waals surface area contributed by atoms with Gasteiger partial charge < -0.3 is 4.74 Å². The summed E-state index contributed by atoms with van der Waals surface area (Å²) in [5, 5.41) is 8.90. The lowest BCUT2D eigenvalue weighted by molar-refractivity contribution is -0.0328. The Hall–Kier alpha value is -1.20. The molecule has 0 unspecified atom stereocenters. The van der Waals surface area contributed by atoms with E-state index in [1.54, 1.807) is 13.0 Å². The van der Waals surface area contributed by atoms with Crippen LogP contribution in [0.5, 0.6) is 0 Å². The average molecular weight is 368 g/mol. The number of nitriles is 1. The van der Waals surface area contributed by atoms with E-state index in [-0.39, 0.29) is 45.3 Å². The van der Waals surface area contributed by atoms with Crippen molar-refractivity contribution < 1.29 is 22.7 Å². The van der Waals surface area contributed by atoms with Crippen LogP contribution < -0.4 is 0 Å². The van der Waals surface area contributed by atoms with E-state index in [1.165, 1.54) is 6.07 Å². The lowest BCUT2D eigenvalue weighted by Crippen LogP contribution is -2.10. The van der Waals surface area contributed by atoms with Gasteiger partial charge >= 0.3 is 11.5 Å². The summed E-state index contributed by atoms with van der Waals surface area (Å²) in [4.78, 5) is 11.6. The second-order valence-corrected chi connectivity index (χ2v) is 5.18. The molecule has 0 aromatic heterocycles. The number of carbonyl (C=O) groups excluding carboxylic acids is 1. The molecule has 1 aromatic rings. The van der Waals surface area contributed by atoms with E-state index >= 15 is 0 Å². The quantitative estimate of drug-likeness (QED) is 0.453. The third kappa shape index (κ3) is 4.42. The molecule has 0 saturated heterocycles. The van der Waals surface area contributed by atoms with Crippen LogP contribution >= 0.6 is 27.7 Å². The van der Waals surface area contributed by atoms with Crippen molar-refractivity contribution in [3.05, 3.63) is 28.8 Å². The third-order valence-electron chi connectivity index (χ3n) is 2.19. The SMILES string of the molecule is CCOC(=O)c1cc(C#N)cc(SC(F)(F)F)c1CBr. The molecule has 20 heavy (non-hydrogen) atoms. The lowest BCUT2D eigenvalue weighted by atomic mass is 10.1. The van der Waals surface area contributed by atoms with Crippen LogP contribution in [0.25, 0.3) is 0 Å². The molecule has 0 radical (unpaired) electrons. The van der Waals surface area contributed by atoms with Gasteiger partial charge in [0.05, 0.1) is 23.8 Å². The molecule has 0 aliphatic heterocycles. The van der Waals surface area contributed by atoms with Crippen LogP contribution in [0.4, 0.5) is 13.2 Å². The molecule has 0 heterocycles. The van der Waals surface area contributed by atoms with Crippen LogP contribution in [-0.2, 0) is 10.1 Å². The van der Waals surface area contributed by atoms with Crippen molar-refractivity contribution in [3.8, 4) is 6.07 Å². The summed E-state index contributed by atoms with van der Waals surface area (Å²) in [5.41, 5.74) is -4.40. The van der Waals surface area contributed by atoms with E-state index in [1.807, 2.05) is 0 Å². The highest BCUT2D eigenvalue weighted by Crippen LogP contribution is 2.40. The van der Waals surface area contributed by atoms with Crippen LogP contribution in [0.15, 0.2) is 17.0 Å². The third-order valence-corrected chi connectivity index (χ3v) is 3.57. The first kappa shape index (κ1) is 16.9. The maximum absolute atomic E-state index is 12.5. The molecule has 0 N–H and O–H groups in total. The molecule has 0 aliphatic rings. The maximum Gasteiger partial charge on any atom is 0.446 e. The first-order chi connectivity index (χ1) is 9.32. The van der Waals surface area contributed by atoms with E-state index in [0.29, 0.717) is 0 Å². The zero-order chi connectivity index (χ0) is 15.3. The van der Waals surface area contributed by atoms with Gasteiger partial charge in [0.25, 0.3) is 0 Å². The van der Waals surface area contributed by atoms with Gasteiger partial charge in [-0.3, -0.25) is 0 Å². The molecular formula is C12H9BrF3NO2S. The number of benzene rings is 1. The Morgan fingerprint density at radius 3 is 2.60 bits per heavy atom. The molecule has 0 atom stereocenters. The van der Waals surface area contributed by atoms with E-state index < -0.39 is 11.5 Å². The number of thioether (sulfide) groups is 1. The molecule has 0 saturated carbocycles. The van der Waals surface area contributed by atoms with Gasteiger partial charge in [0.2, 0.25) is 0 Å². The number of alkyl halides is 4. The fourth-order valence-electron chi connectivity index (χ4n) is 1.45. The highest BCUT2D eigenvalue weighted by Gasteiger charge is 2.32. The van der Waals surface area contributed by atoms with Crippen LogP contribution in [0.1, 0.15) is 28.4 Å². The van der Waals surface area contributed by atoms with E-state index in [0.717, 1.165) is 6.07 Å². The second-order valence-electron chi connectivity index (χ2n) is 3.51. The molecule has 3 nitrogen and oxygen atoms in total. The zero-order valence-corrected chi connectivity index (χ0v) is 12.7. The van der Waals surface area contributed by atoms with Gasteiger partial charge in [-0.25, -0.2) is 4.79 Å². The first-order valence-electron chi connectivity index (χ1n) is 5.38. The summed E-state index contributed by atoms with van der Waals surface area (Å²) >= 11 is 2.70. The van der Waals surface area contributed by atoms with Crippen molar-refractivity contribution in [3.63, 3.8) is 0 Å². The lowest BCUT2D eigenvalue weighted by Gasteiger charge is -2.14. The van der Waals surface area contributed by atoms with E-state index in [2.05, 4.69) is 15.9 Å². The topological polar surface area (TPSA) is 50.1 Å². The highest BCUT2D eigenvalue weighted by molar-refractivity contribution is 9.08. The Morgan fingerprint density at radius 2 is 2.15 bits per heavy atom. The molecule has 0 bridgehead atoms. The minimum atomic E-state index is -4.50. The fraction of sp³-hybridized carbons (Fsp3) is 0.333. The monoisotopic (exact) mass is 367 g/mol. The summed E-state index contributed by atoms with van der Waals surface area (Å²) < 4.78 is 42.4. The summed E-state index contributed by atoms with van der Waals surface area (Å²) in [5.74, 6) is -0.747. The Bertz CT molecular complexity index is 555. The summed E-state index contributed by atoms with van der Waals surface area (Å²) in [6.45, 7) is 1.68. The molecule has 0 spiro atoms. The van der Waals surface area contributed by atoms with Crippen molar-refractivity contribution in [1.82, 2.24) is 0 Å². The van der Waals surface area contributed by atoms with Gasteiger partial charge in [-0.1, -0.05) is 15.9 Å². The predicted octanol–water partition coefficient (Wildman–Crippen LogP) is 4.24. The van der Waals surface area contributed by atoms with Crippen molar-refractivity contribution in [1.29, 1.82) is 5.26 Å². The van der Waals surface area contributed by atoms with E-state index in [9.17, 15) is 18.0 Å². The predicted molar refractivity (Wildman–Crippen MR) is 71.7 cm³/mol. The summed E-state index contributed by atoms with van der Waals surface area (Å²) in [6.07, 6.45) is 0. The number of carbonyl (C=O) groups is 1. The molecule has 1 aromatic carbocycles. The Morgan fingerprint density at radius 1 is 1.50 bits per heavy atom. The van der Waals surface area contributed by atoms with Crippen molar-refractivity contribution in [2.24, 2.45) is 0 Å². The van der Waals surface area contributed by atoms with Gasteiger partial charge in [0.15, 0.2) is 0 Å². The fourth-order valence-corrected chi connectivity index (χ4v) is 2.98. The van der Waals surface area contributed by atoms with Gasteiger partial charge in [-0.15, -0.1) is 0 Å². The maximum atomic E-state index is 12.5. The van der Waals surface area contributed by atoms with Crippen LogP contribution in [0, 0.1) is 11.3 Å². The van der Waals surface area contributed by atoms with Gasteiger partial charge in [0.1, 0.15) is 0 Å². The molecule has 8 heteroatoms. The normalized spacial score (nSPS) is 11.0. The molecule has 108 valence electrons. The number of hydrogen-bond acceptors (Lipinski definition) is 4. The van der Waals surface area contributed by atoms with Crippen molar-refractivity contribution >= 4 is 33.7 Å². The Balaban J connectivity index is 3.39. The smallest absolute Gasteiger partial charge is 0.446 e. The number of ether oxygens (including phenoxy) is 1. The van der Waals surface area contributed by atoms with Gasteiger partial charge in [-0.2, -0.15) is 18.4 Å². The summed E-state index contributed by atoms with van der Waals surface area (Å²) in [7, 11) is 0. The number of rotatable bonds is 4. The van der Waals surface area contributed by atoms with Gasteiger partial charge in [0, 0.05) is 10.2 Å². The van der Waals surface area contributed by atoms with Crippen LogP contribution in [0.3, 0.4) is 0 Å². The van der Waals surface area contributed by atoms with Crippen molar-refractivity contribution in [2.75, 3.05) is 6.61 Å². The van der Waals surface area contributed by atoms with Crippen LogP contribution in [0.2, 0.25) is 0 Å². The van der Waals surface area contributed by atoms with E-state index in [4.69, 9.17) is 10.00 Å². The minimum Gasteiger partial charge on any atom is -0.462 e. The average Bonchev–Trinajstić information content (AvgIpc) is 2.36. The number of hydrogen-bond donors (Lipinski definition) is 0. The second kappa shape index (κ2) is 6.99. The molecule has 0 amide bonds. The number of halogens is 4. The molecule has 0 aliphatic carbocycles. The largest absolute Gasteiger partial charge is 0.462 e. The number of esters is 1. The van der Waals surface area contributed by atoms with Gasteiger partial charge in [-0.05, 0) is 36.4 Å². The number of nitrogens with zero attached hydrogens (tertiary/aromatic N) is 1. The Kier molecular flexibility index (Phi) is 5.89. The standard InChI is InChI=1S/C12H9BrF3NO2S/c1-2-19-11(18)8-3-7(6-17)4-10(9(8)5-13)20-12(14,15)16/h3-4H,2,5H2,1H3. The zero-order valence-electron chi connectivity index (χ0n) is 10.3. The Labute approximate surface area is 126 Å². The molecule has 1 rings (SSSR count). The first-order valence-corrected chi connectivity index (χ1v) is 7.32. The van der Waals surface area contributed by atoms with Crippen LogP contribution in [-0.4, -0.2) is 18.1 Å². The minimum absolute atomic E-state index is 0.0236.